The molecule has 3 nitrogen and oxygen atoms in total. The molecule has 1 aromatic heterocycles. The average molecular weight is 256 g/mol. The summed E-state index contributed by atoms with van der Waals surface area (Å²) < 4.78 is 11.2. The van der Waals surface area contributed by atoms with Gasteiger partial charge in [-0.1, -0.05) is 12.1 Å². The number of rotatable bonds is 2. The molecule has 0 bridgehead atoms. The van der Waals surface area contributed by atoms with E-state index in [2.05, 4.69) is 0 Å². The molecular weight excluding hydrogens is 240 g/mol. The Kier molecular flexibility index (Phi) is 2.70. The molecule has 2 heterocycles. The highest BCUT2D eigenvalue weighted by molar-refractivity contribution is 6.12. The molecule has 0 unspecified atom stereocenters. The zero-order valence-electron chi connectivity index (χ0n) is 11.4. The molecule has 0 saturated carbocycles. The Morgan fingerprint density at radius 3 is 2.63 bits per heavy atom. The molecule has 0 N–H and O–H groups in total. The lowest BCUT2D eigenvalue weighted by atomic mass is 9.97. The van der Waals surface area contributed by atoms with Crippen molar-refractivity contribution in [2.24, 2.45) is 0 Å². The minimum Gasteiger partial charge on any atom is -0.492 e. The monoisotopic (exact) mass is 256 g/mol. The third kappa shape index (κ3) is 1.77. The Morgan fingerprint density at radius 2 is 1.95 bits per heavy atom. The van der Waals surface area contributed by atoms with Gasteiger partial charge in [-0.3, -0.25) is 4.79 Å². The molecule has 0 amide bonds. The van der Waals surface area contributed by atoms with E-state index in [0.717, 1.165) is 29.1 Å². The lowest BCUT2D eigenvalue weighted by molar-refractivity contribution is 0.103. The maximum Gasteiger partial charge on any atom is 0.200 e. The van der Waals surface area contributed by atoms with E-state index >= 15 is 0 Å². The van der Waals surface area contributed by atoms with Crippen molar-refractivity contribution < 1.29 is 13.9 Å². The van der Waals surface area contributed by atoms with Crippen LogP contribution >= 0.6 is 0 Å². The number of furan rings is 1. The maximum atomic E-state index is 12.7. The van der Waals surface area contributed by atoms with Gasteiger partial charge in [0.05, 0.1) is 17.7 Å². The summed E-state index contributed by atoms with van der Waals surface area (Å²) in [5, 5.41) is 0. The smallest absolute Gasteiger partial charge is 0.200 e. The van der Waals surface area contributed by atoms with Crippen LogP contribution in [0.5, 0.6) is 5.75 Å². The average Bonchev–Trinajstić information content (AvgIpc) is 2.94. The second-order valence-corrected chi connectivity index (χ2v) is 4.94. The summed E-state index contributed by atoms with van der Waals surface area (Å²) >= 11 is 0. The molecule has 0 fully saturated rings. The predicted molar refractivity (Wildman–Crippen MR) is 72.0 cm³/mol. The van der Waals surface area contributed by atoms with Gasteiger partial charge in [-0.2, -0.15) is 0 Å². The molecule has 0 spiro atoms. The van der Waals surface area contributed by atoms with Gasteiger partial charge in [-0.25, -0.2) is 0 Å². The number of carbonyl (C=O) groups is 1. The first-order valence-electron chi connectivity index (χ1n) is 6.45. The highest BCUT2D eigenvalue weighted by Crippen LogP contribution is 2.33. The molecule has 1 aliphatic rings. The van der Waals surface area contributed by atoms with Crippen LogP contribution in [-0.4, -0.2) is 12.4 Å². The third-order valence-corrected chi connectivity index (χ3v) is 3.75. The summed E-state index contributed by atoms with van der Waals surface area (Å²) in [6.07, 6.45) is 0.874. The van der Waals surface area contributed by atoms with Crippen molar-refractivity contribution in [3.05, 3.63) is 52.0 Å². The predicted octanol–water partition coefficient (Wildman–Crippen LogP) is 3.37. The van der Waals surface area contributed by atoms with E-state index in [0.29, 0.717) is 23.5 Å². The minimum atomic E-state index is -0.00870. The molecular formula is C16H16O3. The normalized spacial score (nSPS) is 13.2. The first-order valence-corrected chi connectivity index (χ1v) is 6.45. The zero-order chi connectivity index (χ0) is 13.6. The van der Waals surface area contributed by atoms with Gasteiger partial charge >= 0.3 is 0 Å². The molecule has 1 aromatic carbocycles. The summed E-state index contributed by atoms with van der Waals surface area (Å²) in [7, 11) is 0. The van der Waals surface area contributed by atoms with Crippen molar-refractivity contribution in [2.75, 3.05) is 6.61 Å². The van der Waals surface area contributed by atoms with Gasteiger partial charge in [-0.05, 0) is 32.4 Å². The van der Waals surface area contributed by atoms with E-state index in [9.17, 15) is 4.79 Å². The Morgan fingerprint density at radius 1 is 1.16 bits per heavy atom. The highest BCUT2D eigenvalue weighted by Gasteiger charge is 2.25. The van der Waals surface area contributed by atoms with Crippen molar-refractivity contribution in [1.29, 1.82) is 0 Å². The van der Waals surface area contributed by atoms with E-state index in [1.54, 1.807) is 0 Å². The summed E-state index contributed by atoms with van der Waals surface area (Å²) in [4.78, 5) is 12.7. The number of para-hydroxylation sites is 1. The minimum absolute atomic E-state index is 0.00870. The van der Waals surface area contributed by atoms with Crippen LogP contribution in [0.2, 0.25) is 0 Å². The van der Waals surface area contributed by atoms with Crippen LogP contribution in [0, 0.1) is 20.8 Å². The lowest BCUT2D eigenvalue weighted by Crippen LogP contribution is -2.05. The van der Waals surface area contributed by atoms with Gasteiger partial charge < -0.3 is 9.15 Å². The lowest BCUT2D eigenvalue weighted by Gasteiger charge is -2.07. The molecule has 3 rings (SSSR count). The highest BCUT2D eigenvalue weighted by atomic mass is 16.5. The molecule has 1 aliphatic heterocycles. The number of ether oxygens (including phenoxy) is 1. The number of aryl methyl sites for hydroxylation is 2. The van der Waals surface area contributed by atoms with Gasteiger partial charge in [0, 0.05) is 12.0 Å². The fraction of sp³-hybridized carbons (Fsp3) is 0.312. The molecule has 3 heteroatoms. The Hall–Kier alpha value is -2.03. The number of ketones is 1. The number of hydrogen-bond acceptors (Lipinski definition) is 3. The van der Waals surface area contributed by atoms with Crippen molar-refractivity contribution in [1.82, 2.24) is 0 Å². The summed E-state index contributed by atoms with van der Waals surface area (Å²) in [5.74, 6) is 2.21. The summed E-state index contributed by atoms with van der Waals surface area (Å²) in [5.41, 5.74) is 3.34. The maximum absolute atomic E-state index is 12.7. The fourth-order valence-corrected chi connectivity index (χ4v) is 2.66. The van der Waals surface area contributed by atoms with Gasteiger partial charge in [0.2, 0.25) is 5.78 Å². The Balaban J connectivity index is 2.13. The molecule has 0 radical (unpaired) electrons. The quantitative estimate of drug-likeness (QED) is 0.773. The molecule has 19 heavy (non-hydrogen) atoms. The molecule has 2 aromatic rings. The third-order valence-electron chi connectivity index (χ3n) is 3.75. The van der Waals surface area contributed by atoms with Crippen molar-refractivity contribution in [3.8, 4) is 5.75 Å². The number of fused-ring (bicyclic) bond motifs is 1. The van der Waals surface area contributed by atoms with E-state index in [1.807, 2.05) is 39.0 Å². The van der Waals surface area contributed by atoms with Crippen LogP contribution in [0.3, 0.4) is 0 Å². The van der Waals surface area contributed by atoms with Crippen molar-refractivity contribution in [2.45, 2.75) is 27.2 Å². The van der Waals surface area contributed by atoms with Crippen LogP contribution in [0.25, 0.3) is 0 Å². The Bertz CT molecular complexity index is 665. The first kappa shape index (κ1) is 12.0. The van der Waals surface area contributed by atoms with E-state index in [4.69, 9.17) is 9.15 Å². The second kappa shape index (κ2) is 4.26. The number of hydrogen-bond donors (Lipinski definition) is 0. The number of benzene rings is 1. The second-order valence-electron chi connectivity index (χ2n) is 4.94. The van der Waals surface area contributed by atoms with Gasteiger partial charge in [0.1, 0.15) is 17.3 Å². The van der Waals surface area contributed by atoms with Crippen LogP contribution < -0.4 is 4.74 Å². The first-order chi connectivity index (χ1) is 9.09. The summed E-state index contributed by atoms with van der Waals surface area (Å²) in [6, 6.07) is 5.76. The van der Waals surface area contributed by atoms with E-state index in [-0.39, 0.29) is 5.78 Å². The SMILES string of the molecule is Cc1oc(C)c(C(=O)c2cccc3c2OCC3)c1C. The number of carbonyl (C=O) groups excluding carboxylic acids is 1. The van der Waals surface area contributed by atoms with Crippen molar-refractivity contribution in [3.63, 3.8) is 0 Å². The fourth-order valence-electron chi connectivity index (χ4n) is 2.66. The van der Waals surface area contributed by atoms with Crippen LogP contribution in [0.4, 0.5) is 0 Å². The van der Waals surface area contributed by atoms with Crippen LogP contribution in [-0.2, 0) is 6.42 Å². The summed E-state index contributed by atoms with van der Waals surface area (Å²) in [6.45, 7) is 6.29. The van der Waals surface area contributed by atoms with Crippen LogP contribution in [0.1, 0.15) is 38.6 Å². The van der Waals surface area contributed by atoms with E-state index in [1.165, 1.54) is 0 Å². The molecule has 0 atom stereocenters. The standard InChI is InChI=1S/C16H16O3/c1-9-10(2)19-11(3)14(9)15(17)13-6-4-5-12-7-8-18-16(12)13/h4-6H,7-8H2,1-3H3. The molecule has 98 valence electrons. The van der Waals surface area contributed by atoms with Crippen LogP contribution in [0.15, 0.2) is 22.6 Å². The van der Waals surface area contributed by atoms with E-state index < -0.39 is 0 Å². The topological polar surface area (TPSA) is 39.4 Å². The van der Waals surface area contributed by atoms with Gasteiger partial charge in [-0.15, -0.1) is 0 Å². The molecule has 0 saturated heterocycles. The van der Waals surface area contributed by atoms with Crippen molar-refractivity contribution >= 4 is 5.78 Å². The Labute approximate surface area is 112 Å². The largest absolute Gasteiger partial charge is 0.492 e. The van der Waals surface area contributed by atoms with Gasteiger partial charge in [0.25, 0.3) is 0 Å². The van der Waals surface area contributed by atoms with Gasteiger partial charge in [0.15, 0.2) is 0 Å². The molecule has 0 aliphatic carbocycles. The zero-order valence-corrected chi connectivity index (χ0v) is 11.4.